The van der Waals surface area contributed by atoms with E-state index in [0.29, 0.717) is 23.4 Å². The summed E-state index contributed by atoms with van der Waals surface area (Å²) in [7, 11) is 3.47. The number of aryl methyl sites for hydroxylation is 1. The first-order valence-corrected chi connectivity index (χ1v) is 6.15. The molecule has 0 aliphatic carbocycles. The summed E-state index contributed by atoms with van der Waals surface area (Å²) in [5, 5.41) is 4.44. The molecule has 0 bridgehead atoms. The molecule has 0 fully saturated rings. The standard InChI is InChI=1S/C12H18N6O2/c1-12(2,11(13)20)17(3)6-8-15-9-7(10(19)16-8)5-14-18(9)4/h5H,6H2,1-4H3,(H2,13,20)(H,15,16,19). The van der Waals surface area contributed by atoms with Crippen LogP contribution in [0.15, 0.2) is 11.0 Å². The molecule has 2 aromatic rings. The van der Waals surface area contributed by atoms with Crippen LogP contribution in [0.1, 0.15) is 19.7 Å². The third-order valence-electron chi connectivity index (χ3n) is 3.60. The fourth-order valence-corrected chi connectivity index (χ4v) is 1.76. The van der Waals surface area contributed by atoms with Gasteiger partial charge in [0.05, 0.1) is 18.3 Å². The molecule has 0 radical (unpaired) electrons. The van der Waals surface area contributed by atoms with Gasteiger partial charge in [0.15, 0.2) is 5.65 Å². The molecule has 108 valence electrons. The number of primary amides is 1. The summed E-state index contributed by atoms with van der Waals surface area (Å²) >= 11 is 0. The first-order chi connectivity index (χ1) is 9.23. The summed E-state index contributed by atoms with van der Waals surface area (Å²) in [6.45, 7) is 3.73. The Morgan fingerprint density at radius 2 is 2.20 bits per heavy atom. The molecule has 1 amide bonds. The number of likely N-dealkylation sites (N-methyl/N-ethyl adjacent to an activating group) is 1. The lowest BCUT2D eigenvalue weighted by Gasteiger charge is -2.31. The summed E-state index contributed by atoms with van der Waals surface area (Å²) in [5.41, 5.74) is 4.79. The third-order valence-corrected chi connectivity index (χ3v) is 3.60. The van der Waals surface area contributed by atoms with Gasteiger partial charge in [-0.2, -0.15) is 5.10 Å². The van der Waals surface area contributed by atoms with Crippen molar-refractivity contribution in [2.75, 3.05) is 7.05 Å². The predicted octanol–water partition coefficient (Wildman–Crippen LogP) is -0.648. The van der Waals surface area contributed by atoms with Crippen LogP contribution < -0.4 is 11.3 Å². The maximum absolute atomic E-state index is 11.9. The Balaban J connectivity index is 2.37. The van der Waals surface area contributed by atoms with Crippen molar-refractivity contribution in [2.45, 2.75) is 25.9 Å². The molecule has 0 saturated heterocycles. The number of carbonyl (C=O) groups is 1. The van der Waals surface area contributed by atoms with Crippen LogP contribution in [0.2, 0.25) is 0 Å². The second-order valence-electron chi connectivity index (χ2n) is 5.30. The van der Waals surface area contributed by atoms with Crippen LogP contribution in [0, 0.1) is 0 Å². The number of H-pyrrole nitrogens is 1. The average Bonchev–Trinajstić information content (AvgIpc) is 2.71. The van der Waals surface area contributed by atoms with E-state index < -0.39 is 11.4 Å². The van der Waals surface area contributed by atoms with Crippen LogP contribution in [-0.4, -0.2) is 43.1 Å². The second kappa shape index (κ2) is 4.71. The average molecular weight is 278 g/mol. The van der Waals surface area contributed by atoms with Crippen molar-refractivity contribution in [3.05, 3.63) is 22.4 Å². The second-order valence-corrected chi connectivity index (χ2v) is 5.30. The Morgan fingerprint density at radius 1 is 1.55 bits per heavy atom. The van der Waals surface area contributed by atoms with Crippen molar-refractivity contribution >= 4 is 16.9 Å². The van der Waals surface area contributed by atoms with E-state index in [-0.39, 0.29) is 5.56 Å². The Morgan fingerprint density at radius 3 is 2.80 bits per heavy atom. The van der Waals surface area contributed by atoms with E-state index in [9.17, 15) is 9.59 Å². The lowest BCUT2D eigenvalue weighted by molar-refractivity contribution is -0.127. The predicted molar refractivity (Wildman–Crippen MR) is 73.9 cm³/mol. The number of hydrogen-bond acceptors (Lipinski definition) is 5. The molecule has 0 unspecified atom stereocenters. The van der Waals surface area contributed by atoms with Crippen molar-refractivity contribution < 1.29 is 4.79 Å². The zero-order valence-corrected chi connectivity index (χ0v) is 12.0. The SMILES string of the molecule is CN(Cc1nc2c(cnn2C)c(=O)[nH]1)C(C)(C)C(N)=O. The number of aromatic amines is 1. The fraction of sp³-hybridized carbons (Fsp3) is 0.500. The zero-order valence-electron chi connectivity index (χ0n) is 12.0. The van der Waals surface area contributed by atoms with Crippen molar-refractivity contribution in [1.29, 1.82) is 0 Å². The maximum Gasteiger partial charge on any atom is 0.262 e. The highest BCUT2D eigenvalue weighted by Crippen LogP contribution is 2.14. The van der Waals surface area contributed by atoms with Gasteiger partial charge in [0.2, 0.25) is 5.91 Å². The molecule has 0 aliphatic heterocycles. The maximum atomic E-state index is 11.9. The molecule has 2 heterocycles. The van der Waals surface area contributed by atoms with Crippen molar-refractivity contribution in [1.82, 2.24) is 24.6 Å². The van der Waals surface area contributed by atoms with Crippen LogP contribution >= 0.6 is 0 Å². The number of aromatic nitrogens is 4. The summed E-state index contributed by atoms with van der Waals surface area (Å²) in [6, 6.07) is 0. The van der Waals surface area contributed by atoms with Crippen LogP contribution in [-0.2, 0) is 18.4 Å². The molecule has 0 atom stereocenters. The summed E-state index contributed by atoms with van der Waals surface area (Å²) in [4.78, 5) is 32.1. The highest BCUT2D eigenvalue weighted by atomic mass is 16.1. The van der Waals surface area contributed by atoms with E-state index in [4.69, 9.17) is 5.73 Å². The van der Waals surface area contributed by atoms with Crippen molar-refractivity contribution in [3.8, 4) is 0 Å². The largest absolute Gasteiger partial charge is 0.368 e. The van der Waals surface area contributed by atoms with Gasteiger partial charge in [-0.05, 0) is 20.9 Å². The third kappa shape index (κ3) is 2.29. The molecular weight excluding hydrogens is 260 g/mol. The topological polar surface area (TPSA) is 110 Å². The van der Waals surface area contributed by atoms with Gasteiger partial charge in [0.1, 0.15) is 11.2 Å². The molecule has 3 N–H and O–H groups in total. The Labute approximate surface area is 115 Å². The van der Waals surface area contributed by atoms with Crippen LogP contribution in [0.3, 0.4) is 0 Å². The molecular formula is C12H18N6O2. The van der Waals surface area contributed by atoms with Gasteiger partial charge in [0.25, 0.3) is 5.56 Å². The van der Waals surface area contributed by atoms with Crippen molar-refractivity contribution in [2.24, 2.45) is 12.8 Å². The van der Waals surface area contributed by atoms with E-state index in [1.165, 1.54) is 10.9 Å². The number of carbonyl (C=O) groups excluding carboxylic acids is 1. The Bertz CT molecular complexity index is 714. The lowest BCUT2D eigenvalue weighted by atomic mass is 10.0. The number of hydrogen-bond donors (Lipinski definition) is 2. The van der Waals surface area contributed by atoms with Crippen LogP contribution in [0.4, 0.5) is 0 Å². The zero-order chi connectivity index (χ0) is 15.1. The molecule has 0 aliphatic rings. The van der Waals surface area contributed by atoms with Gasteiger partial charge in [-0.15, -0.1) is 0 Å². The molecule has 0 aromatic carbocycles. The summed E-state index contributed by atoms with van der Waals surface area (Å²) in [5.74, 6) is 0.0203. The van der Waals surface area contributed by atoms with Gasteiger partial charge in [-0.25, -0.2) is 4.98 Å². The van der Waals surface area contributed by atoms with Gasteiger partial charge in [-0.1, -0.05) is 0 Å². The van der Waals surface area contributed by atoms with E-state index in [2.05, 4.69) is 15.1 Å². The van der Waals surface area contributed by atoms with Crippen LogP contribution in [0.5, 0.6) is 0 Å². The Kier molecular flexibility index (Phi) is 3.34. The minimum Gasteiger partial charge on any atom is -0.368 e. The van der Waals surface area contributed by atoms with Crippen molar-refractivity contribution in [3.63, 3.8) is 0 Å². The van der Waals surface area contributed by atoms with E-state index in [1.807, 2.05) is 0 Å². The lowest BCUT2D eigenvalue weighted by Crippen LogP contribution is -2.51. The number of fused-ring (bicyclic) bond motifs is 1. The number of rotatable bonds is 4. The number of nitrogens with two attached hydrogens (primary N) is 1. The van der Waals surface area contributed by atoms with Crippen LogP contribution in [0.25, 0.3) is 11.0 Å². The molecule has 0 saturated carbocycles. The molecule has 2 aromatic heterocycles. The molecule has 0 spiro atoms. The Hall–Kier alpha value is -2.22. The highest BCUT2D eigenvalue weighted by Gasteiger charge is 2.30. The van der Waals surface area contributed by atoms with E-state index in [1.54, 1.807) is 32.8 Å². The normalized spacial score (nSPS) is 12.2. The minimum atomic E-state index is -0.833. The number of amides is 1. The van der Waals surface area contributed by atoms with E-state index in [0.717, 1.165) is 0 Å². The number of nitrogens with one attached hydrogen (secondary N) is 1. The smallest absolute Gasteiger partial charge is 0.262 e. The number of nitrogens with zero attached hydrogens (tertiary/aromatic N) is 4. The summed E-state index contributed by atoms with van der Waals surface area (Å²) < 4.78 is 1.54. The first kappa shape index (κ1) is 14.2. The molecule has 8 heteroatoms. The monoisotopic (exact) mass is 278 g/mol. The minimum absolute atomic E-state index is 0.247. The highest BCUT2D eigenvalue weighted by molar-refractivity contribution is 5.83. The molecule has 8 nitrogen and oxygen atoms in total. The van der Waals surface area contributed by atoms with E-state index >= 15 is 0 Å². The van der Waals surface area contributed by atoms with Gasteiger partial charge in [-0.3, -0.25) is 19.2 Å². The van der Waals surface area contributed by atoms with Gasteiger partial charge in [0, 0.05) is 7.05 Å². The molecule has 2 rings (SSSR count). The fourth-order valence-electron chi connectivity index (χ4n) is 1.76. The quantitative estimate of drug-likeness (QED) is 0.772. The van der Waals surface area contributed by atoms with Gasteiger partial charge < -0.3 is 10.7 Å². The molecule has 20 heavy (non-hydrogen) atoms. The first-order valence-electron chi connectivity index (χ1n) is 6.15. The summed E-state index contributed by atoms with van der Waals surface area (Å²) in [6.07, 6.45) is 1.47. The van der Waals surface area contributed by atoms with Gasteiger partial charge >= 0.3 is 0 Å².